The van der Waals surface area contributed by atoms with Crippen LogP contribution in [0.2, 0.25) is 0 Å². The van der Waals surface area contributed by atoms with Gasteiger partial charge in [-0.05, 0) is 76.5 Å². The summed E-state index contributed by atoms with van der Waals surface area (Å²) in [5.41, 5.74) is 4.08. The van der Waals surface area contributed by atoms with Crippen LogP contribution in [0.1, 0.15) is 73.1 Å². The zero-order chi connectivity index (χ0) is 22.1. The van der Waals surface area contributed by atoms with E-state index in [9.17, 15) is 14.4 Å². The van der Waals surface area contributed by atoms with Crippen LogP contribution < -0.4 is 0 Å². The Morgan fingerprint density at radius 2 is 1.31 bits per heavy atom. The molecule has 0 heterocycles. The smallest absolute Gasteiger partial charge is 0.307 e. The zero-order valence-corrected chi connectivity index (χ0v) is 18.3. The van der Waals surface area contributed by atoms with Gasteiger partial charge in [-0.15, -0.1) is 0 Å². The van der Waals surface area contributed by atoms with Gasteiger partial charge < -0.3 is 9.47 Å². The Morgan fingerprint density at radius 3 is 1.90 bits per heavy atom. The minimum absolute atomic E-state index is 0.405. The van der Waals surface area contributed by atoms with Gasteiger partial charge in [0.15, 0.2) is 0 Å². The molecule has 5 heteroatoms. The second-order valence-electron chi connectivity index (χ2n) is 7.06. The first-order valence-electron chi connectivity index (χ1n) is 9.87. The molecular weight excluding hydrogens is 368 g/mol. The number of ether oxygens (including phenoxy) is 2. The molecule has 160 valence electrons. The molecule has 0 unspecified atom stereocenters. The molecule has 0 spiro atoms. The second-order valence-corrected chi connectivity index (χ2v) is 7.06. The molecule has 5 nitrogen and oxygen atoms in total. The lowest BCUT2D eigenvalue weighted by Gasteiger charge is -2.03. The van der Waals surface area contributed by atoms with Crippen LogP contribution in [-0.2, 0) is 23.9 Å². The van der Waals surface area contributed by atoms with Crippen molar-refractivity contribution in [3.05, 3.63) is 59.1 Å². The molecule has 0 aromatic heterocycles. The normalized spacial score (nSPS) is 12.7. The average molecular weight is 403 g/mol. The molecule has 0 aliphatic rings. The summed E-state index contributed by atoms with van der Waals surface area (Å²) in [6.45, 7) is 8.81. The first-order valence-corrected chi connectivity index (χ1v) is 9.87. The van der Waals surface area contributed by atoms with Crippen LogP contribution in [0.3, 0.4) is 0 Å². The third-order valence-corrected chi connectivity index (χ3v) is 3.90. The van der Waals surface area contributed by atoms with Crippen LogP contribution in [0.25, 0.3) is 0 Å². The minimum Gasteiger partial charge on any atom is -0.435 e. The molecule has 0 saturated heterocycles. The largest absolute Gasteiger partial charge is 0.435 e. The first kappa shape index (κ1) is 26.3. The Labute approximate surface area is 174 Å². The summed E-state index contributed by atoms with van der Waals surface area (Å²) in [4.78, 5) is 33.0. The van der Waals surface area contributed by atoms with Crippen molar-refractivity contribution < 1.29 is 23.9 Å². The number of carbonyl (C=O) groups excluding carboxylic acids is 3. The number of hydrogen-bond acceptors (Lipinski definition) is 5. The topological polar surface area (TPSA) is 69.7 Å². The maximum atomic E-state index is 11.2. The summed E-state index contributed by atoms with van der Waals surface area (Å²) in [5.74, 6) is -0.815. The highest BCUT2D eigenvalue weighted by Crippen LogP contribution is 2.14. The fraction of sp³-hybridized carbons (Fsp3) is 0.458. The number of rotatable bonds is 13. The Kier molecular flexibility index (Phi) is 14.8. The number of aldehydes is 1. The standard InChI is InChI=1S/C24H34O5/c1-19(2)9-6-12-23(17-25)13-7-10-20(3)11-8-14-24(18-29-22(5)27)15-16-28-21(4)26/h9,11,13,15-18H,6-8,10,12,14H2,1-5H3. The number of hydrogen-bond donors (Lipinski definition) is 0. The van der Waals surface area contributed by atoms with Gasteiger partial charge in [-0.25, -0.2) is 0 Å². The van der Waals surface area contributed by atoms with Gasteiger partial charge in [0.1, 0.15) is 6.29 Å². The van der Waals surface area contributed by atoms with Gasteiger partial charge >= 0.3 is 11.9 Å². The predicted molar refractivity (Wildman–Crippen MR) is 116 cm³/mol. The van der Waals surface area contributed by atoms with Crippen molar-refractivity contribution in [2.45, 2.75) is 73.1 Å². The van der Waals surface area contributed by atoms with E-state index in [1.807, 2.05) is 6.08 Å². The Hall–Kier alpha value is -2.69. The molecule has 0 N–H and O–H groups in total. The third kappa shape index (κ3) is 17.2. The molecule has 0 aromatic rings. The molecule has 0 fully saturated rings. The lowest BCUT2D eigenvalue weighted by atomic mass is 10.0. The highest BCUT2D eigenvalue weighted by molar-refractivity contribution is 5.73. The van der Waals surface area contributed by atoms with Gasteiger partial charge in [0.05, 0.1) is 12.5 Å². The molecule has 29 heavy (non-hydrogen) atoms. The summed E-state index contributed by atoms with van der Waals surface area (Å²) < 4.78 is 9.69. The maximum absolute atomic E-state index is 11.2. The predicted octanol–water partition coefficient (Wildman–Crippen LogP) is 5.89. The lowest BCUT2D eigenvalue weighted by Crippen LogP contribution is -1.93. The van der Waals surface area contributed by atoms with Crippen LogP contribution in [0, 0.1) is 0 Å². The summed E-state index contributed by atoms with van der Waals surface area (Å²) >= 11 is 0. The molecule has 0 atom stereocenters. The molecule has 0 rings (SSSR count). The van der Waals surface area contributed by atoms with Crippen molar-refractivity contribution in [2.75, 3.05) is 0 Å². The summed E-state index contributed by atoms with van der Waals surface area (Å²) in [6.07, 6.45) is 16.3. The van der Waals surface area contributed by atoms with E-state index < -0.39 is 11.9 Å². The van der Waals surface area contributed by atoms with Crippen molar-refractivity contribution in [1.82, 2.24) is 0 Å². The van der Waals surface area contributed by atoms with E-state index in [0.29, 0.717) is 6.42 Å². The Balaban J connectivity index is 4.59. The van der Waals surface area contributed by atoms with Crippen LogP contribution in [-0.4, -0.2) is 18.2 Å². The van der Waals surface area contributed by atoms with Crippen molar-refractivity contribution in [3.8, 4) is 0 Å². The molecule has 0 aliphatic heterocycles. The fourth-order valence-electron chi connectivity index (χ4n) is 2.37. The van der Waals surface area contributed by atoms with Gasteiger partial charge in [-0.3, -0.25) is 14.4 Å². The van der Waals surface area contributed by atoms with E-state index in [4.69, 9.17) is 9.47 Å². The number of esters is 2. The maximum Gasteiger partial charge on any atom is 0.307 e. The first-order chi connectivity index (χ1) is 13.7. The van der Waals surface area contributed by atoms with E-state index in [1.54, 1.807) is 6.08 Å². The van der Waals surface area contributed by atoms with Gasteiger partial charge in [0.2, 0.25) is 0 Å². The third-order valence-electron chi connectivity index (χ3n) is 3.90. The van der Waals surface area contributed by atoms with Crippen molar-refractivity contribution in [3.63, 3.8) is 0 Å². The van der Waals surface area contributed by atoms with Crippen LogP contribution in [0.4, 0.5) is 0 Å². The van der Waals surface area contributed by atoms with Gasteiger partial charge in [0.25, 0.3) is 0 Å². The van der Waals surface area contributed by atoms with E-state index in [2.05, 4.69) is 32.9 Å². The monoisotopic (exact) mass is 402 g/mol. The van der Waals surface area contributed by atoms with Crippen LogP contribution in [0.15, 0.2) is 59.1 Å². The summed E-state index contributed by atoms with van der Waals surface area (Å²) in [6, 6.07) is 0. The Morgan fingerprint density at radius 1 is 0.724 bits per heavy atom. The zero-order valence-electron chi connectivity index (χ0n) is 18.3. The highest BCUT2D eigenvalue weighted by atomic mass is 16.5. The SMILES string of the molecule is CC(=O)OC=CC(=COC(C)=O)CCC=C(C)CCC=C(C=O)CCC=C(C)C. The fourth-order valence-corrected chi connectivity index (χ4v) is 2.37. The van der Waals surface area contributed by atoms with E-state index in [-0.39, 0.29) is 0 Å². The average Bonchev–Trinajstić information content (AvgIpc) is 2.63. The second kappa shape index (κ2) is 16.3. The van der Waals surface area contributed by atoms with Crippen molar-refractivity contribution >= 4 is 18.2 Å². The molecule has 0 aliphatic carbocycles. The Bertz CT molecular complexity index is 686. The minimum atomic E-state index is -0.410. The summed E-state index contributed by atoms with van der Waals surface area (Å²) in [5, 5.41) is 0. The van der Waals surface area contributed by atoms with E-state index in [0.717, 1.165) is 49.5 Å². The molecule has 0 amide bonds. The molecule has 0 bridgehead atoms. The summed E-state index contributed by atoms with van der Waals surface area (Å²) in [7, 11) is 0. The van der Waals surface area contributed by atoms with E-state index in [1.165, 1.54) is 37.5 Å². The molecule has 0 aromatic carbocycles. The van der Waals surface area contributed by atoms with Gasteiger partial charge in [0, 0.05) is 13.8 Å². The van der Waals surface area contributed by atoms with Crippen LogP contribution >= 0.6 is 0 Å². The lowest BCUT2D eigenvalue weighted by molar-refractivity contribution is -0.136. The van der Waals surface area contributed by atoms with E-state index >= 15 is 0 Å². The molecular formula is C24H34O5. The van der Waals surface area contributed by atoms with Crippen molar-refractivity contribution in [2.24, 2.45) is 0 Å². The number of allylic oxidation sites excluding steroid dienone is 8. The molecule has 0 saturated carbocycles. The van der Waals surface area contributed by atoms with Gasteiger partial charge in [-0.1, -0.05) is 29.4 Å². The number of carbonyl (C=O) groups is 3. The quantitative estimate of drug-likeness (QED) is 0.0959. The van der Waals surface area contributed by atoms with Crippen LogP contribution in [0.5, 0.6) is 0 Å². The highest BCUT2D eigenvalue weighted by Gasteiger charge is 1.98. The van der Waals surface area contributed by atoms with Crippen molar-refractivity contribution in [1.29, 1.82) is 0 Å². The van der Waals surface area contributed by atoms with Gasteiger partial charge in [-0.2, -0.15) is 0 Å². The molecule has 0 radical (unpaired) electrons.